The maximum atomic E-state index is 11.1. The van der Waals surface area contributed by atoms with Gasteiger partial charge in [-0.3, -0.25) is 4.79 Å². The molecule has 4 aromatic rings. The fourth-order valence-corrected chi connectivity index (χ4v) is 10.5. The van der Waals surface area contributed by atoms with Crippen LogP contribution in [-0.4, -0.2) is 36.8 Å². The number of esters is 2. The summed E-state index contributed by atoms with van der Waals surface area (Å²) in [6.45, 7) is 1.12. The van der Waals surface area contributed by atoms with Crippen molar-refractivity contribution >= 4 is 42.4 Å². The van der Waals surface area contributed by atoms with E-state index >= 15 is 0 Å². The van der Waals surface area contributed by atoms with Gasteiger partial charge in [0.2, 0.25) is 0 Å². The third kappa shape index (κ3) is 6.56. The van der Waals surface area contributed by atoms with Crippen LogP contribution in [0.15, 0.2) is 115 Å². The zero-order chi connectivity index (χ0) is 22.8. The van der Waals surface area contributed by atoms with Gasteiger partial charge in [-0.25, -0.2) is 4.79 Å². The van der Waals surface area contributed by atoms with Crippen molar-refractivity contribution in [1.29, 1.82) is 0 Å². The molecule has 0 aliphatic heterocycles. The normalized spacial score (nSPS) is 10.1. The summed E-state index contributed by atoms with van der Waals surface area (Å²) in [7, 11) is 0. The van der Waals surface area contributed by atoms with E-state index < -0.39 is 31.7 Å². The topological polar surface area (TPSA) is 63.6 Å². The molecule has 5 heteroatoms. The van der Waals surface area contributed by atoms with Crippen LogP contribution in [0.4, 0.5) is 0 Å². The van der Waals surface area contributed by atoms with Crippen LogP contribution < -0.4 is 10.7 Å². The van der Waals surface area contributed by atoms with Gasteiger partial charge in [0.25, 0.3) is 0 Å². The molecule has 0 heterocycles. The van der Waals surface area contributed by atoms with Gasteiger partial charge in [0.05, 0.1) is 0 Å². The van der Waals surface area contributed by atoms with Crippen molar-refractivity contribution in [2.45, 2.75) is 6.92 Å². The molecule has 0 aliphatic rings. The molecule has 159 valence electrons. The zero-order valence-corrected chi connectivity index (χ0v) is 20.5. The number of phenols is 1. The molecule has 0 bridgehead atoms. The third-order valence-electron chi connectivity index (χ3n) is 4.55. The monoisotopic (exact) mass is 531 g/mol. The van der Waals surface area contributed by atoms with Crippen LogP contribution in [-0.2, 0) is 9.53 Å². The second-order valence-electron chi connectivity index (χ2n) is 6.87. The van der Waals surface area contributed by atoms with Crippen LogP contribution in [0.5, 0.6) is 5.75 Å². The third-order valence-corrected chi connectivity index (χ3v) is 12.3. The number of carbonyl (C=O) groups excluding carboxylic acids is 2. The Morgan fingerprint density at radius 3 is 1.38 bits per heavy atom. The SMILES string of the molecule is CC(=O)OC(=O)c1ccccc1O.c1cc[c]([Sn]([c]2ccccc2)[c]2ccccc2)cc1. The number of aromatic hydroxyl groups is 1. The van der Waals surface area contributed by atoms with Gasteiger partial charge in [-0.05, 0) is 12.1 Å². The maximum absolute atomic E-state index is 11.1. The molecule has 0 atom stereocenters. The van der Waals surface area contributed by atoms with Gasteiger partial charge in [0.1, 0.15) is 11.3 Å². The Kier molecular flexibility index (Phi) is 8.63. The van der Waals surface area contributed by atoms with Crippen molar-refractivity contribution in [3.05, 3.63) is 121 Å². The molecule has 0 spiro atoms. The molecule has 1 radical (unpaired) electrons. The minimum absolute atomic E-state index is 0.0160. The number of ether oxygens (including phenoxy) is 1. The summed E-state index contributed by atoms with van der Waals surface area (Å²) in [5.41, 5.74) is -0.0160. The Balaban J connectivity index is 0.000000195. The standard InChI is InChI=1S/C9H8O4.3C6H5.Sn/c1-6(10)13-9(12)7-4-2-3-5-8(7)11;3*1-2-4-6-5-3-1;/h2-5,11H,1H3;3*1-5H;. The van der Waals surface area contributed by atoms with Gasteiger partial charge in [-0.2, -0.15) is 0 Å². The van der Waals surface area contributed by atoms with Gasteiger partial charge in [0.15, 0.2) is 0 Å². The Bertz CT molecular complexity index is 1050. The predicted molar refractivity (Wildman–Crippen MR) is 128 cm³/mol. The first-order valence-corrected chi connectivity index (χ1v) is 14.4. The summed E-state index contributed by atoms with van der Waals surface area (Å²) >= 11 is -1.98. The molecule has 4 nitrogen and oxygen atoms in total. The van der Waals surface area contributed by atoms with Crippen molar-refractivity contribution in [3.63, 3.8) is 0 Å². The molecule has 0 aromatic heterocycles. The van der Waals surface area contributed by atoms with E-state index in [-0.39, 0.29) is 11.3 Å². The van der Waals surface area contributed by atoms with Gasteiger partial charge >= 0.3 is 133 Å². The number of carbonyl (C=O) groups is 2. The van der Waals surface area contributed by atoms with Crippen molar-refractivity contribution in [2.75, 3.05) is 0 Å². The molecule has 4 rings (SSSR count). The number of rotatable bonds is 4. The second-order valence-corrected chi connectivity index (χ2v) is 14.0. The van der Waals surface area contributed by atoms with E-state index in [1.54, 1.807) is 12.1 Å². The van der Waals surface area contributed by atoms with Gasteiger partial charge in [-0.1, -0.05) is 12.1 Å². The fourth-order valence-electron chi connectivity index (χ4n) is 3.15. The summed E-state index contributed by atoms with van der Waals surface area (Å²) in [6, 6.07) is 38.8. The van der Waals surface area contributed by atoms with Gasteiger partial charge < -0.3 is 9.84 Å². The molecular formula is C27H23O4Sn. The molecule has 0 saturated heterocycles. The number of hydrogen-bond acceptors (Lipinski definition) is 4. The van der Waals surface area contributed by atoms with Crippen LogP contribution >= 0.6 is 0 Å². The number of hydrogen-bond donors (Lipinski definition) is 1. The molecule has 0 amide bonds. The predicted octanol–water partition coefficient (Wildman–Crippen LogP) is 3.30. The summed E-state index contributed by atoms with van der Waals surface area (Å²) < 4.78 is 8.87. The molecule has 0 fully saturated rings. The van der Waals surface area contributed by atoms with Gasteiger partial charge in [0, 0.05) is 6.92 Å². The Labute approximate surface area is 194 Å². The average Bonchev–Trinajstić information content (AvgIpc) is 2.82. The van der Waals surface area contributed by atoms with Crippen LogP contribution in [0.3, 0.4) is 0 Å². The summed E-state index contributed by atoms with van der Waals surface area (Å²) in [4.78, 5) is 21.5. The molecule has 0 aliphatic carbocycles. The van der Waals surface area contributed by atoms with Crippen LogP contribution in [0, 0.1) is 0 Å². The first-order chi connectivity index (χ1) is 15.6. The van der Waals surface area contributed by atoms with Crippen molar-refractivity contribution in [2.24, 2.45) is 0 Å². The van der Waals surface area contributed by atoms with E-state index in [2.05, 4.69) is 95.7 Å². The Hall–Kier alpha value is -3.38. The van der Waals surface area contributed by atoms with E-state index in [0.29, 0.717) is 0 Å². The fraction of sp³-hybridized carbons (Fsp3) is 0.0370. The molecule has 0 saturated carbocycles. The quantitative estimate of drug-likeness (QED) is 0.250. The van der Waals surface area contributed by atoms with Crippen LogP contribution in [0.1, 0.15) is 17.3 Å². The van der Waals surface area contributed by atoms with E-state index in [4.69, 9.17) is 0 Å². The first-order valence-electron chi connectivity index (χ1n) is 10.1. The van der Waals surface area contributed by atoms with Crippen molar-refractivity contribution in [1.82, 2.24) is 0 Å². The van der Waals surface area contributed by atoms with Crippen LogP contribution in [0.25, 0.3) is 0 Å². The van der Waals surface area contributed by atoms with Crippen LogP contribution in [0.2, 0.25) is 0 Å². The Morgan fingerprint density at radius 2 is 1.00 bits per heavy atom. The molecule has 4 aromatic carbocycles. The van der Waals surface area contributed by atoms with E-state index in [9.17, 15) is 14.7 Å². The second kappa shape index (κ2) is 11.9. The van der Waals surface area contributed by atoms with E-state index in [1.165, 1.54) is 22.9 Å². The molecule has 32 heavy (non-hydrogen) atoms. The molecule has 0 unspecified atom stereocenters. The summed E-state index contributed by atoms with van der Waals surface area (Å²) in [6.07, 6.45) is 0. The molecular weight excluding hydrogens is 507 g/mol. The zero-order valence-electron chi connectivity index (χ0n) is 17.6. The number of phenolic OH excluding ortho intramolecular Hbond substituents is 1. The van der Waals surface area contributed by atoms with Gasteiger partial charge in [-0.15, -0.1) is 0 Å². The Morgan fingerprint density at radius 1 is 0.625 bits per heavy atom. The minimum atomic E-state index is -1.98. The molecule has 1 N–H and O–H groups in total. The van der Waals surface area contributed by atoms with Crippen molar-refractivity contribution < 1.29 is 19.4 Å². The van der Waals surface area contributed by atoms with E-state index in [0.717, 1.165) is 6.92 Å². The van der Waals surface area contributed by atoms with Crippen molar-refractivity contribution in [3.8, 4) is 5.75 Å². The van der Waals surface area contributed by atoms with E-state index in [1.807, 2.05) is 0 Å². The number of para-hydroxylation sites is 1. The summed E-state index contributed by atoms with van der Waals surface area (Å²) in [5.74, 6) is -1.74. The first kappa shape index (κ1) is 23.3. The number of benzene rings is 4. The summed E-state index contributed by atoms with van der Waals surface area (Å²) in [5, 5.41) is 9.18. The average molecular weight is 530 g/mol.